The molecular weight excluding hydrogens is 995 g/mol. The van der Waals surface area contributed by atoms with E-state index in [1.165, 1.54) is 77.0 Å². The van der Waals surface area contributed by atoms with Crippen LogP contribution < -0.4 is 0 Å². The summed E-state index contributed by atoms with van der Waals surface area (Å²) in [5.74, 6) is -1.46. The molecule has 0 aromatic rings. The van der Waals surface area contributed by atoms with E-state index in [0.717, 1.165) is 103 Å². The van der Waals surface area contributed by atoms with Crippen LogP contribution in [-0.2, 0) is 65.4 Å². The van der Waals surface area contributed by atoms with E-state index in [4.69, 9.17) is 37.0 Å². The van der Waals surface area contributed by atoms with Crippen molar-refractivity contribution in [2.45, 2.75) is 284 Å². The van der Waals surface area contributed by atoms with E-state index in [2.05, 4.69) is 34.6 Å². The summed E-state index contributed by atoms with van der Waals surface area (Å²) in [5, 5.41) is 10.4. The van der Waals surface area contributed by atoms with E-state index < -0.39 is 97.5 Å². The Bertz CT molecular complexity index is 1470. The lowest BCUT2D eigenvalue weighted by Crippen LogP contribution is -2.30. The van der Waals surface area contributed by atoms with Gasteiger partial charge in [-0.1, -0.05) is 214 Å². The van der Waals surface area contributed by atoms with Crippen molar-refractivity contribution in [2.24, 2.45) is 5.92 Å². The van der Waals surface area contributed by atoms with E-state index in [9.17, 15) is 43.2 Å². The van der Waals surface area contributed by atoms with Crippen LogP contribution in [0.3, 0.4) is 0 Å². The number of carbonyl (C=O) groups excluding carboxylic acids is 4. The number of phosphoric ester groups is 2. The Balaban J connectivity index is 5.13. The summed E-state index contributed by atoms with van der Waals surface area (Å²) in [5.41, 5.74) is 0. The van der Waals surface area contributed by atoms with Gasteiger partial charge >= 0.3 is 39.5 Å². The number of unbranched alkanes of at least 4 members (excludes halogenated alkanes) is 27. The van der Waals surface area contributed by atoms with Gasteiger partial charge in [0.05, 0.1) is 26.4 Å². The Morgan fingerprint density at radius 1 is 0.365 bits per heavy atom. The fraction of sp³-hybridized carbons (Fsp3) is 0.927. The van der Waals surface area contributed by atoms with Crippen molar-refractivity contribution in [3.05, 3.63) is 0 Å². The monoisotopic (exact) mass is 1100 g/mol. The number of ether oxygens (including phenoxy) is 4. The zero-order chi connectivity index (χ0) is 55.0. The van der Waals surface area contributed by atoms with Crippen molar-refractivity contribution in [3.63, 3.8) is 0 Å². The van der Waals surface area contributed by atoms with Crippen LogP contribution in [0.5, 0.6) is 0 Å². The number of esters is 4. The summed E-state index contributed by atoms with van der Waals surface area (Å²) < 4.78 is 67.2. The highest BCUT2D eigenvalue weighted by Crippen LogP contribution is 2.45. The SMILES string of the molecule is CCCCCCCCCCCCCCCCC(=O)O[C@H](COC(=O)CCCCCCCCCC(C)C)COP(=O)(O)OC[C@@H](O)COP(=O)(O)OC[C@@H](COC(=O)CCCCCCC)OC(=O)CCCCCCC. The average Bonchev–Trinajstić information content (AvgIpc) is 3.36. The Hall–Kier alpha value is -1.94. The molecule has 438 valence electrons. The van der Waals surface area contributed by atoms with Crippen molar-refractivity contribution < 1.29 is 80.2 Å². The molecule has 74 heavy (non-hydrogen) atoms. The van der Waals surface area contributed by atoms with E-state index in [-0.39, 0.29) is 25.7 Å². The first-order valence-corrected chi connectivity index (χ1v) is 32.1. The van der Waals surface area contributed by atoms with Crippen molar-refractivity contribution in [3.8, 4) is 0 Å². The van der Waals surface area contributed by atoms with Crippen LogP contribution in [0.2, 0.25) is 0 Å². The molecule has 2 unspecified atom stereocenters. The number of rotatable bonds is 55. The number of aliphatic hydroxyl groups is 1. The Morgan fingerprint density at radius 2 is 0.622 bits per heavy atom. The minimum Gasteiger partial charge on any atom is -0.462 e. The molecule has 0 heterocycles. The maximum absolute atomic E-state index is 12.9. The molecule has 19 heteroatoms. The summed E-state index contributed by atoms with van der Waals surface area (Å²) >= 11 is 0. The minimum absolute atomic E-state index is 0.0986. The van der Waals surface area contributed by atoms with E-state index in [1.807, 2.05) is 0 Å². The zero-order valence-corrected chi connectivity index (χ0v) is 48.7. The molecule has 0 bridgehead atoms. The predicted octanol–water partition coefficient (Wildman–Crippen LogP) is 14.3. The van der Waals surface area contributed by atoms with Crippen LogP contribution in [0.15, 0.2) is 0 Å². The van der Waals surface area contributed by atoms with Gasteiger partial charge in [0.1, 0.15) is 19.3 Å². The van der Waals surface area contributed by atoms with Gasteiger partial charge in [-0.15, -0.1) is 0 Å². The summed E-state index contributed by atoms with van der Waals surface area (Å²) in [7, 11) is -9.85. The van der Waals surface area contributed by atoms with Crippen LogP contribution >= 0.6 is 15.6 Å². The maximum atomic E-state index is 12.9. The first kappa shape index (κ1) is 72.1. The topological polar surface area (TPSA) is 237 Å². The van der Waals surface area contributed by atoms with Gasteiger partial charge in [-0.25, -0.2) is 9.13 Å². The van der Waals surface area contributed by atoms with Crippen molar-refractivity contribution in [1.29, 1.82) is 0 Å². The lowest BCUT2D eigenvalue weighted by atomic mass is 10.0. The summed E-state index contributed by atoms with van der Waals surface area (Å²) in [6.07, 6.45) is 30.2. The number of hydrogen-bond acceptors (Lipinski definition) is 15. The maximum Gasteiger partial charge on any atom is 0.472 e. The second-order valence-electron chi connectivity index (χ2n) is 20.4. The lowest BCUT2D eigenvalue weighted by molar-refractivity contribution is -0.161. The smallest absolute Gasteiger partial charge is 0.462 e. The summed E-state index contributed by atoms with van der Waals surface area (Å²) in [4.78, 5) is 71.2. The van der Waals surface area contributed by atoms with E-state index in [1.54, 1.807) is 0 Å². The molecule has 0 fully saturated rings. The Morgan fingerprint density at radius 3 is 0.919 bits per heavy atom. The molecule has 0 aromatic carbocycles. The first-order chi connectivity index (χ1) is 35.5. The minimum atomic E-state index is -4.93. The van der Waals surface area contributed by atoms with Crippen molar-refractivity contribution in [1.82, 2.24) is 0 Å². The predicted molar refractivity (Wildman–Crippen MR) is 289 cm³/mol. The van der Waals surface area contributed by atoms with Crippen LogP contribution in [-0.4, -0.2) is 96.7 Å². The fourth-order valence-corrected chi connectivity index (χ4v) is 9.57. The standard InChI is InChI=1S/C55H106O17P2/c1-6-9-12-15-16-17-18-19-20-21-22-25-31-36-41-55(60)72-51(45-66-53(58)39-34-30-26-23-24-29-32-37-48(4)5)47-70-74(63,64)68-43-49(56)42-67-73(61,62)69-46-50(71-54(59)40-35-28-14-11-8-3)44-65-52(57)38-33-27-13-10-7-2/h48-51,56H,6-47H2,1-5H3,(H,61,62)(H,63,64)/t49-,50+,51+/m0/s1. The summed E-state index contributed by atoms with van der Waals surface area (Å²) in [6, 6.07) is 0. The molecular formula is C55H106O17P2. The number of phosphoric acid groups is 2. The Labute approximate surface area is 447 Å². The van der Waals surface area contributed by atoms with E-state index >= 15 is 0 Å². The van der Waals surface area contributed by atoms with Crippen LogP contribution in [0.1, 0.15) is 266 Å². The van der Waals surface area contributed by atoms with Gasteiger partial charge in [-0.2, -0.15) is 0 Å². The van der Waals surface area contributed by atoms with Crippen molar-refractivity contribution >= 4 is 39.5 Å². The van der Waals surface area contributed by atoms with Crippen LogP contribution in [0.4, 0.5) is 0 Å². The molecule has 0 saturated heterocycles. The quantitative estimate of drug-likeness (QED) is 0.0222. The van der Waals surface area contributed by atoms with E-state index in [0.29, 0.717) is 31.6 Å². The van der Waals surface area contributed by atoms with Gasteiger partial charge in [0.25, 0.3) is 0 Å². The first-order valence-electron chi connectivity index (χ1n) is 29.1. The average molecular weight is 1100 g/mol. The molecule has 0 saturated carbocycles. The highest BCUT2D eigenvalue weighted by atomic mass is 31.2. The van der Waals surface area contributed by atoms with Gasteiger partial charge < -0.3 is 33.8 Å². The third-order valence-electron chi connectivity index (χ3n) is 12.5. The van der Waals surface area contributed by atoms with Gasteiger partial charge in [-0.05, 0) is 31.6 Å². The molecule has 5 atom stereocenters. The van der Waals surface area contributed by atoms with Gasteiger partial charge in [0, 0.05) is 25.7 Å². The molecule has 0 amide bonds. The molecule has 0 rings (SSSR count). The molecule has 0 aliphatic rings. The molecule has 0 aliphatic heterocycles. The molecule has 0 aliphatic carbocycles. The van der Waals surface area contributed by atoms with Gasteiger partial charge in [-0.3, -0.25) is 37.3 Å². The van der Waals surface area contributed by atoms with Gasteiger partial charge in [0.2, 0.25) is 0 Å². The Kier molecular flexibility index (Phi) is 48.1. The highest BCUT2D eigenvalue weighted by Gasteiger charge is 2.30. The molecule has 0 spiro atoms. The zero-order valence-electron chi connectivity index (χ0n) is 47.0. The molecule has 17 nitrogen and oxygen atoms in total. The summed E-state index contributed by atoms with van der Waals surface area (Å²) in [6.45, 7) is 6.89. The van der Waals surface area contributed by atoms with Crippen molar-refractivity contribution in [2.75, 3.05) is 39.6 Å². The second-order valence-corrected chi connectivity index (χ2v) is 23.4. The van der Waals surface area contributed by atoms with Crippen LogP contribution in [0.25, 0.3) is 0 Å². The number of carbonyl (C=O) groups is 4. The molecule has 0 aromatic heterocycles. The third kappa shape index (κ3) is 49.6. The fourth-order valence-electron chi connectivity index (χ4n) is 7.99. The normalized spacial score (nSPS) is 14.5. The number of aliphatic hydroxyl groups excluding tert-OH is 1. The second kappa shape index (κ2) is 49.4. The third-order valence-corrected chi connectivity index (χ3v) is 14.4. The van der Waals surface area contributed by atoms with Gasteiger partial charge in [0.15, 0.2) is 12.2 Å². The lowest BCUT2D eigenvalue weighted by Gasteiger charge is -2.21. The highest BCUT2D eigenvalue weighted by molar-refractivity contribution is 7.47. The van der Waals surface area contributed by atoms with Crippen LogP contribution in [0, 0.1) is 5.92 Å². The largest absolute Gasteiger partial charge is 0.472 e. The molecule has 3 N–H and O–H groups in total. The molecule has 0 radical (unpaired) electrons. The number of hydrogen-bond donors (Lipinski definition) is 3.